The van der Waals surface area contributed by atoms with E-state index in [1.54, 1.807) is 0 Å². The van der Waals surface area contributed by atoms with Crippen molar-refractivity contribution in [3.63, 3.8) is 0 Å². The van der Waals surface area contributed by atoms with Crippen molar-refractivity contribution in [2.45, 2.75) is 38.3 Å². The second kappa shape index (κ2) is 5.85. The number of nitrogens with zero attached hydrogens (tertiary/aromatic N) is 1. The molecule has 2 N–H and O–H groups in total. The van der Waals surface area contributed by atoms with E-state index in [4.69, 9.17) is 17.3 Å². The van der Waals surface area contributed by atoms with Crippen molar-refractivity contribution < 1.29 is 0 Å². The Morgan fingerprint density at radius 2 is 1.94 bits per heavy atom. The minimum Gasteiger partial charge on any atom is -0.326 e. The molecule has 0 spiro atoms. The van der Waals surface area contributed by atoms with E-state index in [-0.39, 0.29) is 12.1 Å². The van der Waals surface area contributed by atoms with E-state index in [1.165, 1.54) is 18.4 Å². The number of nitrogens with two attached hydrogens (primary N) is 1. The third-order valence-corrected chi connectivity index (χ3v) is 3.98. The fourth-order valence-corrected chi connectivity index (χ4v) is 2.90. The van der Waals surface area contributed by atoms with Gasteiger partial charge < -0.3 is 5.73 Å². The van der Waals surface area contributed by atoms with Gasteiger partial charge in [0.15, 0.2) is 0 Å². The lowest BCUT2D eigenvalue weighted by Gasteiger charge is -2.33. The molecule has 0 saturated carbocycles. The summed E-state index contributed by atoms with van der Waals surface area (Å²) in [6, 6.07) is 8.53. The first-order valence-corrected chi connectivity index (χ1v) is 6.86. The van der Waals surface area contributed by atoms with Crippen LogP contribution in [0.1, 0.15) is 37.8 Å². The quantitative estimate of drug-likeness (QED) is 0.892. The standard InChI is InChI=1S/C14H21ClN2/c1-2-13(16)14(17-9-5-6-10-17)11-7-3-4-8-12(11)15/h3-4,7-8,13-14H,2,5-6,9-10,16H2,1H3. The molecule has 1 aromatic carbocycles. The maximum Gasteiger partial charge on any atom is 0.0513 e. The van der Waals surface area contributed by atoms with Gasteiger partial charge in [0, 0.05) is 11.1 Å². The van der Waals surface area contributed by atoms with E-state index in [2.05, 4.69) is 17.9 Å². The highest BCUT2D eigenvalue weighted by Gasteiger charge is 2.28. The lowest BCUT2D eigenvalue weighted by atomic mass is 9.96. The minimum atomic E-state index is 0.160. The van der Waals surface area contributed by atoms with Gasteiger partial charge in [-0.1, -0.05) is 36.7 Å². The molecule has 2 atom stereocenters. The predicted molar refractivity (Wildman–Crippen MR) is 73.3 cm³/mol. The van der Waals surface area contributed by atoms with Crippen LogP contribution in [0.4, 0.5) is 0 Å². The first kappa shape index (κ1) is 12.9. The molecular weight excluding hydrogens is 232 g/mol. The normalized spacial score (nSPS) is 20.4. The molecule has 1 aromatic rings. The number of rotatable bonds is 4. The molecule has 1 fully saturated rings. The maximum atomic E-state index is 6.32. The summed E-state index contributed by atoms with van der Waals surface area (Å²) in [5.41, 5.74) is 7.48. The zero-order valence-electron chi connectivity index (χ0n) is 10.4. The molecule has 17 heavy (non-hydrogen) atoms. The fourth-order valence-electron chi connectivity index (χ4n) is 2.66. The Hall–Kier alpha value is -0.570. The number of likely N-dealkylation sites (tertiary alicyclic amines) is 1. The van der Waals surface area contributed by atoms with E-state index in [0.29, 0.717) is 0 Å². The van der Waals surface area contributed by atoms with E-state index in [1.807, 2.05) is 18.2 Å². The molecule has 1 heterocycles. The zero-order valence-corrected chi connectivity index (χ0v) is 11.2. The molecule has 0 radical (unpaired) electrons. The van der Waals surface area contributed by atoms with Gasteiger partial charge >= 0.3 is 0 Å². The minimum absolute atomic E-state index is 0.160. The summed E-state index contributed by atoms with van der Waals surface area (Å²) in [5, 5.41) is 0.841. The second-order valence-electron chi connectivity index (χ2n) is 4.78. The lowest BCUT2D eigenvalue weighted by molar-refractivity contribution is 0.209. The summed E-state index contributed by atoms with van der Waals surface area (Å²) in [6.45, 7) is 4.43. The molecule has 2 rings (SSSR count). The van der Waals surface area contributed by atoms with Crippen LogP contribution in [-0.2, 0) is 0 Å². The Bertz CT molecular complexity index is 361. The van der Waals surface area contributed by atoms with Crippen LogP contribution in [0.2, 0.25) is 5.02 Å². The maximum absolute atomic E-state index is 6.32. The Kier molecular flexibility index (Phi) is 4.43. The predicted octanol–water partition coefficient (Wildman–Crippen LogP) is 3.21. The molecule has 1 aliphatic rings. The van der Waals surface area contributed by atoms with Crippen molar-refractivity contribution >= 4 is 11.6 Å². The van der Waals surface area contributed by atoms with Crippen molar-refractivity contribution in [2.75, 3.05) is 13.1 Å². The van der Waals surface area contributed by atoms with Crippen LogP contribution in [0.25, 0.3) is 0 Å². The monoisotopic (exact) mass is 252 g/mol. The van der Waals surface area contributed by atoms with E-state index >= 15 is 0 Å². The number of hydrogen-bond acceptors (Lipinski definition) is 2. The van der Waals surface area contributed by atoms with Gasteiger partial charge in [-0.2, -0.15) is 0 Å². The molecule has 2 unspecified atom stereocenters. The van der Waals surface area contributed by atoms with Gasteiger partial charge in [-0.25, -0.2) is 0 Å². The smallest absolute Gasteiger partial charge is 0.0513 e. The summed E-state index contributed by atoms with van der Waals surface area (Å²) in [6.07, 6.45) is 3.53. The average Bonchev–Trinajstić information content (AvgIpc) is 2.85. The van der Waals surface area contributed by atoms with Crippen LogP contribution in [0.3, 0.4) is 0 Å². The van der Waals surface area contributed by atoms with Gasteiger partial charge in [-0.15, -0.1) is 0 Å². The van der Waals surface area contributed by atoms with E-state index in [0.717, 1.165) is 24.5 Å². The van der Waals surface area contributed by atoms with Crippen LogP contribution in [0.15, 0.2) is 24.3 Å². The summed E-state index contributed by atoms with van der Waals surface area (Å²) < 4.78 is 0. The Balaban J connectivity index is 2.29. The topological polar surface area (TPSA) is 29.3 Å². The van der Waals surface area contributed by atoms with Crippen molar-refractivity contribution in [3.05, 3.63) is 34.9 Å². The first-order valence-electron chi connectivity index (χ1n) is 6.48. The van der Waals surface area contributed by atoms with E-state index < -0.39 is 0 Å². The Morgan fingerprint density at radius 3 is 2.53 bits per heavy atom. The van der Waals surface area contributed by atoms with Gasteiger partial charge in [0.2, 0.25) is 0 Å². The third-order valence-electron chi connectivity index (χ3n) is 3.63. The van der Waals surface area contributed by atoms with Crippen molar-refractivity contribution in [2.24, 2.45) is 5.73 Å². The third kappa shape index (κ3) is 2.82. The van der Waals surface area contributed by atoms with Crippen molar-refractivity contribution in [1.82, 2.24) is 4.90 Å². The molecule has 94 valence electrons. The van der Waals surface area contributed by atoms with Crippen molar-refractivity contribution in [3.8, 4) is 0 Å². The molecule has 1 saturated heterocycles. The van der Waals surface area contributed by atoms with Crippen molar-refractivity contribution in [1.29, 1.82) is 0 Å². The van der Waals surface area contributed by atoms with Crippen LogP contribution in [0, 0.1) is 0 Å². The van der Waals surface area contributed by atoms with Gasteiger partial charge in [0.05, 0.1) is 6.04 Å². The van der Waals surface area contributed by atoms with Crippen LogP contribution < -0.4 is 5.73 Å². The molecule has 3 heteroatoms. The summed E-state index contributed by atoms with van der Waals surface area (Å²) in [5.74, 6) is 0. The largest absolute Gasteiger partial charge is 0.326 e. The molecule has 0 aromatic heterocycles. The molecule has 1 aliphatic heterocycles. The molecule has 0 aliphatic carbocycles. The lowest BCUT2D eigenvalue weighted by Crippen LogP contribution is -2.39. The molecule has 0 amide bonds. The summed E-state index contributed by atoms with van der Waals surface area (Å²) in [4.78, 5) is 2.48. The molecular formula is C14H21ClN2. The van der Waals surface area contributed by atoms with Gasteiger partial charge in [-0.05, 0) is 44.0 Å². The number of halogens is 1. The second-order valence-corrected chi connectivity index (χ2v) is 5.19. The van der Waals surface area contributed by atoms with Crippen LogP contribution >= 0.6 is 11.6 Å². The highest BCUT2D eigenvalue weighted by atomic mass is 35.5. The average molecular weight is 253 g/mol. The fraction of sp³-hybridized carbons (Fsp3) is 0.571. The Labute approximate surface area is 109 Å². The summed E-state index contributed by atoms with van der Waals surface area (Å²) in [7, 11) is 0. The Morgan fingerprint density at radius 1 is 1.29 bits per heavy atom. The highest BCUT2D eigenvalue weighted by molar-refractivity contribution is 6.31. The van der Waals surface area contributed by atoms with Gasteiger partial charge in [0.25, 0.3) is 0 Å². The molecule has 2 nitrogen and oxygen atoms in total. The molecule has 0 bridgehead atoms. The number of benzene rings is 1. The summed E-state index contributed by atoms with van der Waals surface area (Å²) >= 11 is 6.32. The zero-order chi connectivity index (χ0) is 12.3. The van der Waals surface area contributed by atoms with Crippen LogP contribution in [0.5, 0.6) is 0 Å². The highest BCUT2D eigenvalue weighted by Crippen LogP contribution is 2.32. The SMILES string of the molecule is CCC(N)C(c1ccccc1Cl)N1CCCC1. The van der Waals surface area contributed by atoms with Crippen LogP contribution in [-0.4, -0.2) is 24.0 Å². The first-order chi connectivity index (χ1) is 8.24. The van der Waals surface area contributed by atoms with Gasteiger partial charge in [-0.3, -0.25) is 4.90 Å². The van der Waals surface area contributed by atoms with E-state index in [9.17, 15) is 0 Å². The van der Waals surface area contributed by atoms with Gasteiger partial charge in [0.1, 0.15) is 0 Å². The number of hydrogen-bond donors (Lipinski definition) is 1.